The normalized spacial score (nSPS) is 17.3. The summed E-state index contributed by atoms with van der Waals surface area (Å²) >= 11 is 0. The Morgan fingerprint density at radius 3 is 2.72 bits per heavy atom. The molecule has 1 aromatic rings. The maximum atomic E-state index is 10.0. The number of rotatable bonds is 5. The summed E-state index contributed by atoms with van der Waals surface area (Å²) < 4.78 is 5.63. The number of nitrogens with one attached hydrogen (secondary N) is 1. The number of nitrogens with two attached hydrogens (primary N) is 1. The lowest BCUT2D eigenvalue weighted by Crippen LogP contribution is -2.43. The molecule has 0 aromatic heterocycles. The van der Waals surface area contributed by atoms with E-state index in [-0.39, 0.29) is 6.10 Å². The molecule has 0 atom stereocenters. The molecule has 1 aliphatic carbocycles. The lowest BCUT2D eigenvalue weighted by atomic mass is 9.80. The van der Waals surface area contributed by atoms with Crippen molar-refractivity contribution in [3.63, 3.8) is 0 Å². The topological polar surface area (TPSA) is 67.5 Å². The van der Waals surface area contributed by atoms with E-state index in [0.717, 1.165) is 24.9 Å². The minimum Gasteiger partial charge on any atom is -0.489 e. The summed E-state index contributed by atoms with van der Waals surface area (Å²) in [5.41, 5.74) is 6.93. The second-order valence-corrected chi connectivity index (χ2v) is 5.32. The molecular formula is C14H22N2O2. The first-order valence-corrected chi connectivity index (χ1v) is 6.52. The van der Waals surface area contributed by atoms with Crippen molar-refractivity contribution in [3.8, 4) is 5.75 Å². The van der Waals surface area contributed by atoms with Gasteiger partial charge in [0.25, 0.3) is 0 Å². The molecule has 18 heavy (non-hydrogen) atoms. The molecule has 2 rings (SSSR count). The molecule has 4 nitrogen and oxygen atoms in total. The third-order valence-electron chi connectivity index (χ3n) is 3.32. The van der Waals surface area contributed by atoms with Gasteiger partial charge in [0, 0.05) is 6.54 Å². The smallest absolute Gasteiger partial charge is 0.144 e. The first kappa shape index (κ1) is 13.0. The highest BCUT2D eigenvalue weighted by Crippen LogP contribution is 2.34. The maximum absolute atomic E-state index is 10.0. The van der Waals surface area contributed by atoms with Crippen LogP contribution in [0.15, 0.2) is 18.2 Å². The molecule has 0 spiro atoms. The van der Waals surface area contributed by atoms with E-state index in [1.807, 2.05) is 32.0 Å². The zero-order valence-corrected chi connectivity index (χ0v) is 11.1. The van der Waals surface area contributed by atoms with Gasteiger partial charge in [0.2, 0.25) is 0 Å². The average molecular weight is 250 g/mol. The standard InChI is InChI=1S/C14H22N2O2/c1-10(2)18-12-6-3-5-11(13(12)15)16-9-14(17)7-4-8-14/h3,5-6,10,16-17H,4,7-9,15H2,1-2H3. The van der Waals surface area contributed by atoms with Crippen molar-refractivity contribution in [2.75, 3.05) is 17.6 Å². The number of anilines is 2. The fraction of sp³-hybridized carbons (Fsp3) is 0.571. The van der Waals surface area contributed by atoms with Gasteiger partial charge in [-0.05, 0) is 45.2 Å². The number of hydrogen-bond donors (Lipinski definition) is 3. The summed E-state index contributed by atoms with van der Waals surface area (Å²) in [6.07, 6.45) is 2.92. The summed E-state index contributed by atoms with van der Waals surface area (Å²) in [6.45, 7) is 4.48. The monoisotopic (exact) mass is 250 g/mol. The predicted octanol–water partition coefficient (Wildman–Crippen LogP) is 2.38. The number of benzene rings is 1. The van der Waals surface area contributed by atoms with E-state index in [1.54, 1.807) is 0 Å². The van der Waals surface area contributed by atoms with E-state index in [0.29, 0.717) is 18.0 Å². The van der Waals surface area contributed by atoms with Crippen molar-refractivity contribution in [1.29, 1.82) is 0 Å². The van der Waals surface area contributed by atoms with Crippen molar-refractivity contribution in [3.05, 3.63) is 18.2 Å². The maximum Gasteiger partial charge on any atom is 0.144 e. The van der Waals surface area contributed by atoms with E-state index in [4.69, 9.17) is 10.5 Å². The lowest BCUT2D eigenvalue weighted by Gasteiger charge is -2.37. The Bertz CT molecular complexity index is 414. The van der Waals surface area contributed by atoms with Gasteiger partial charge in [-0.15, -0.1) is 0 Å². The summed E-state index contributed by atoms with van der Waals surface area (Å²) in [6, 6.07) is 5.67. The zero-order chi connectivity index (χ0) is 13.2. The van der Waals surface area contributed by atoms with Gasteiger partial charge in [-0.25, -0.2) is 0 Å². The fourth-order valence-electron chi connectivity index (χ4n) is 2.08. The molecular weight excluding hydrogens is 228 g/mol. The van der Waals surface area contributed by atoms with Crippen LogP contribution in [0, 0.1) is 0 Å². The molecule has 1 aliphatic rings. The Morgan fingerprint density at radius 1 is 1.44 bits per heavy atom. The molecule has 0 saturated heterocycles. The van der Waals surface area contributed by atoms with Crippen molar-refractivity contribution in [2.45, 2.75) is 44.8 Å². The van der Waals surface area contributed by atoms with Crippen LogP contribution in [0.4, 0.5) is 11.4 Å². The number of para-hydroxylation sites is 1. The quantitative estimate of drug-likeness (QED) is 0.702. The van der Waals surface area contributed by atoms with Gasteiger partial charge in [-0.3, -0.25) is 0 Å². The molecule has 0 amide bonds. The van der Waals surface area contributed by atoms with Crippen molar-refractivity contribution >= 4 is 11.4 Å². The third kappa shape index (κ3) is 2.88. The third-order valence-corrected chi connectivity index (χ3v) is 3.32. The molecule has 1 saturated carbocycles. The highest BCUT2D eigenvalue weighted by Gasteiger charge is 2.34. The minimum atomic E-state index is -0.554. The molecule has 0 unspecified atom stereocenters. The summed E-state index contributed by atoms with van der Waals surface area (Å²) in [5.74, 6) is 0.690. The van der Waals surface area contributed by atoms with Gasteiger partial charge in [-0.1, -0.05) is 6.07 Å². The molecule has 1 fully saturated rings. The number of nitrogen functional groups attached to an aromatic ring is 1. The molecule has 0 aliphatic heterocycles. The summed E-state index contributed by atoms with van der Waals surface area (Å²) in [7, 11) is 0. The summed E-state index contributed by atoms with van der Waals surface area (Å²) in [4.78, 5) is 0. The van der Waals surface area contributed by atoms with E-state index in [2.05, 4.69) is 5.32 Å². The van der Waals surface area contributed by atoms with Gasteiger partial charge >= 0.3 is 0 Å². The Balaban J connectivity index is 2.03. The first-order valence-electron chi connectivity index (χ1n) is 6.52. The van der Waals surface area contributed by atoms with Crippen molar-refractivity contribution in [1.82, 2.24) is 0 Å². The van der Waals surface area contributed by atoms with Gasteiger partial charge in [0.05, 0.1) is 23.1 Å². The molecule has 0 heterocycles. The van der Waals surface area contributed by atoms with Crippen LogP contribution in [0.3, 0.4) is 0 Å². The minimum absolute atomic E-state index is 0.0957. The Morgan fingerprint density at radius 2 is 2.17 bits per heavy atom. The van der Waals surface area contributed by atoms with Gasteiger partial charge in [-0.2, -0.15) is 0 Å². The molecule has 0 bridgehead atoms. The van der Waals surface area contributed by atoms with Crippen LogP contribution < -0.4 is 15.8 Å². The van der Waals surface area contributed by atoms with Crippen LogP contribution in [-0.4, -0.2) is 23.4 Å². The SMILES string of the molecule is CC(C)Oc1cccc(NCC2(O)CCC2)c1N. The van der Waals surface area contributed by atoms with Gasteiger partial charge < -0.3 is 20.9 Å². The Labute approximate surface area is 108 Å². The van der Waals surface area contributed by atoms with Crippen LogP contribution in [0.5, 0.6) is 5.75 Å². The van der Waals surface area contributed by atoms with Crippen LogP contribution in [0.2, 0.25) is 0 Å². The van der Waals surface area contributed by atoms with E-state index >= 15 is 0 Å². The van der Waals surface area contributed by atoms with Crippen LogP contribution in [0.25, 0.3) is 0 Å². The molecule has 1 aromatic carbocycles. The van der Waals surface area contributed by atoms with Crippen molar-refractivity contribution in [2.24, 2.45) is 0 Å². The molecule has 4 N–H and O–H groups in total. The van der Waals surface area contributed by atoms with Crippen molar-refractivity contribution < 1.29 is 9.84 Å². The molecule has 0 radical (unpaired) electrons. The summed E-state index contributed by atoms with van der Waals surface area (Å²) in [5, 5.41) is 13.3. The highest BCUT2D eigenvalue weighted by molar-refractivity contribution is 5.73. The zero-order valence-electron chi connectivity index (χ0n) is 11.1. The second kappa shape index (κ2) is 5.06. The van der Waals surface area contributed by atoms with Crippen LogP contribution in [0.1, 0.15) is 33.1 Å². The van der Waals surface area contributed by atoms with Gasteiger partial charge in [0.15, 0.2) is 0 Å². The predicted molar refractivity (Wildman–Crippen MR) is 73.9 cm³/mol. The molecule has 4 heteroatoms. The highest BCUT2D eigenvalue weighted by atomic mass is 16.5. The van der Waals surface area contributed by atoms with E-state index in [1.165, 1.54) is 0 Å². The number of hydrogen-bond acceptors (Lipinski definition) is 4. The molecule has 100 valence electrons. The number of aliphatic hydroxyl groups is 1. The lowest BCUT2D eigenvalue weighted by molar-refractivity contribution is -0.0201. The van der Waals surface area contributed by atoms with Gasteiger partial charge in [0.1, 0.15) is 5.75 Å². The van der Waals surface area contributed by atoms with Crippen LogP contribution >= 0.6 is 0 Å². The number of ether oxygens (including phenoxy) is 1. The first-order chi connectivity index (χ1) is 8.50. The average Bonchev–Trinajstić information content (AvgIpc) is 2.27. The second-order valence-electron chi connectivity index (χ2n) is 5.32. The van der Waals surface area contributed by atoms with E-state index < -0.39 is 5.60 Å². The van der Waals surface area contributed by atoms with Crippen LogP contribution in [-0.2, 0) is 0 Å². The fourth-order valence-corrected chi connectivity index (χ4v) is 2.08. The Hall–Kier alpha value is -1.42. The van der Waals surface area contributed by atoms with E-state index in [9.17, 15) is 5.11 Å². The Kier molecular flexibility index (Phi) is 3.66. The largest absolute Gasteiger partial charge is 0.489 e.